The van der Waals surface area contributed by atoms with Gasteiger partial charge in [-0.15, -0.1) is 0 Å². The Bertz CT molecular complexity index is 213. The van der Waals surface area contributed by atoms with Crippen molar-refractivity contribution in [1.29, 1.82) is 0 Å². The number of hydrogen-bond donors (Lipinski definition) is 1. The van der Waals surface area contributed by atoms with Crippen molar-refractivity contribution in [3.05, 3.63) is 0 Å². The number of aliphatic hydroxyl groups is 1. The Hall–Kier alpha value is -0.610. The number of carbonyl (C=O) groups excluding carboxylic acids is 1. The molecule has 14 heavy (non-hydrogen) atoms. The maximum atomic E-state index is 11.4. The van der Waals surface area contributed by atoms with E-state index in [0.29, 0.717) is 18.9 Å². The van der Waals surface area contributed by atoms with Crippen LogP contribution in [0.1, 0.15) is 19.3 Å². The number of nitrogens with zero attached hydrogens (tertiary/aromatic N) is 1. The quantitative estimate of drug-likeness (QED) is 0.681. The van der Waals surface area contributed by atoms with Crippen LogP contribution in [0, 0.1) is 5.92 Å². The molecule has 1 N–H and O–H groups in total. The maximum Gasteiger partial charge on any atom is 0.225 e. The van der Waals surface area contributed by atoms with E-state index in [2.05, 4.69) is 0 Å². The van der Waals surface area contributed by atoms with Crippen LogP contribution in [0.5, 0.6) is 0 Å². The molecular weight excluding hydrogens is 182 g/mol. The topological polar surface area (TPSA) is 49.8 Å². The van der Waals surface area contributed by atoms with Crippen LogP contribution in [0.3, 0.4) is 0 Å². The van der Waals surface area contributed by atoms with Crippen molar-refractivity contribution >= 4 is 5.91 Å². The van der Waals surface area contributed by atoms with Crippen molar-refractivity contribution in [2.24, 2.45) is 5.92 Å². The summed E-state index contributed by atoms with van der Waals surface area (Å²) >= 11 is 0. The Balaban J connectivity index is 1.81. The van der Waals surface area contributed by atoms with E-state index in [4.69, 9.17) is 4.74 Å². The number of amides is 1. The van der Waals surface area contributed by atoms with Crippen molar-refractivity contribution in [3.63, 3.8) is 0 Å². The number of rotatable bonds is 2. The van der Waals surface area contributed by atoms with Crippen molar-refractivity contribution < 1.29 is 14.6 Å². The Labute approximate surface area is 83.8 Å². The standard InChI is InChI=1S/C10H17NO3/c12-9-5-10(13)11(7-9)6-8-1-3-14-4-2-8/h8-9,12H,1-7H2. The molecule has 1 unspecified atom stereocenters. The van der Waals surface area contributed by atoms with Crippen molar-refractivity contribution in [2.75, 3.05) is 26.3 Å². The van der Waals surface area contributed by atoms with Crippen LogP contribution in [0.2, 0.25) is 0 Å². The number of carbonyl (C=O) groups is 1. The van der Waals surface area contributed by atoms with E-state index in [9.17, 15) is 9.90 Å². The molecule has 0 aromatic rings. The summed E-state index contributed by atoms with van der Waals surface area (Å²) in [5.41, 5.74) is 0. The normalized spacial score (nSPS) is 29.9. The highest BCUT2D eigenvalue weighted by Gasteiger charge is 2.29. The van der Waals surface area contributed by atoms with Crippen LogP contribution >= 0.6 is 0 Å². The highest BCUT2D eigenvalue weighted by atomic mass is 16.5. The third-order valence-electron chi connectivity index (χ3n) is 3.01. The minimum Gasteiger partial charge on any atom is -0.391 e. The predicted octanol–water partition coefficient (Wildman–Crippen LogP) is 0.00620. The molecule has 2 aliphatic heterocycles. The second-order valence-electron chi connectivity index (χ2n) is 4.21. The van der Waals surface area contributed by atoms with Crippen LogP contribution in [0.25, 0.3) is 0 Å². The number of hydrogen-bond acceptors (Lipinski definition) is 3. The molecule has 2 heterocycles. The molecule has 0 aromatic carbocycles. The molecule has 2 rings (SSSR count). The van der Waals surface area contributed by atoms with Gasteiger partial charge in [0.15, 0.2) is 0 Å². The smallest absolute Gasteiger partial charge is 0.225 e. The Kier molecular flexibility index (Phi) is 3.03. The van der Waals surface area contributed by atoms with Crippen molar-refractivity contribution in [2.45, 2.75) is 25.4 Å². The lowest BCUT2D eigenvalue weighted by atomic mass is 10.00. The van der Waals surface area contributed by atoms with Gasteiger partial charge in [0.2, 0.25) is 5.91 Å². The molecule has 2 aliphatic rings. The first-order valence-corrected chi connectivity index (χ1v) is 5.29. The highest BCUT2D eigenvalue weighted by molar-refractivity contribution is 5.78. The van der Waals surface area contributed by atoms with Crippen molar-refractivity contribution in [1.82, 2.24) is 4.90 Å². The van der Waals surface area contributed by atoms with E-state index in [1.54, 1.807) is 4.90 Å². The molecular formula is C10H17NO3. The lowest BCUT2D eigenvalue weighted by Crippen LogP contribution is -2.33. The fourth-order valence-corrected chi connectivity index (χ4v) is 2.17. The fourth-order valence-electron chi connectivity index (χ4n) is 2.17. The van der Waals surface area contributed by atoms with Crippen LogP contribution < -0.4 is 0 Å². The first kappa shape index (κ1) is 9.93. The van der Waals surface area contributed by atoms with Gasteiger partial charge in [0.05, 0.1) is 12.5 Å². The van der Waals surface area contributed by atoms with Gasteiger partial charge in [-0.3, -0.25) is 4.79 Å². The molecule has 1 amide bonds. The lowest BCUT2D eigenvalue weighted by Gasteiger charge is -2.26. The third-order valence-corrected chi connectivity index (χ3v) is 3.01. The van der Waals surface area contributed by atoms with E-state index in [1.807, 2.05) is 0 Å². The van der Waals surface area contributed by atoms with Gasteiger partial charge >= 0.3 is 0 Å². The van der Waals surface area contributed by atoms with E-state index in [-0.39, 0.29) is 5.91 Å². The molecule has 0 spiro atoms. The second kappa shape index (κ2) is 4.28. The average molecular weight is 199 g/mol. The summed E-state index contributed by atoms with van der Waals surface area (Å²) in [6.07, 6.45) is 1.95. The second-order valence-corrected chi connectivity index (χ2v) is 4.21. The number of ether oxygens (including phenoxy) is 1. The number of β-amino-alcohol motifs (C(OH)–C–C–N with tert-alkyl or cyclic N) is 1. The monoisotopic (exact) mass is 199 g/mol. The maximum absolute atomic E-state index is 11.4. The SMILES string of the molecule is O=C1CC(O)CN1CC1CCOCC1. The van der Waals surface area contributed by atoms with Gasteiger partial charge < -0.3 is 14.7 Å². The Morgan fingerprint density at radius 3 is 2.71 bits per heavy atom. The summed E-state index contributed by atoms with van der Waals surface area (Å²) in [7, 11) is 0. The summed E-state index contributed by atoms with van der Waals surface area (Å²) in [5.74, 6) is 0.669. The summed E-state index contributed by atoms with van der Waals surface area (Å²) < 4.78 is 5.26. The third kappa shape index (κ3) is 2.25. The molecule has 0 aromatic heterocycles. The molecule has 2 fully saturated rings. The van der Waals surface area contributed by atoms with Gasteiger partial charge in [-0.25, -0.2) is 0 Å². The fraction of sp³-hybridized carbons (Fsp3) is 0.900. The molecule has 80 valence electrons. The zero-order valence-corrected chi connectivity index (χ0v) is 8.32. The molecule has 0 aliphatic carbocycles. The van der Waals surface area contributed by atoms with Gasteiger partial charge in [-0.1, -0.05) is 0 Å². The predicted molar refractivity (Wildman–Crippen MR) is 50.7 cm³/mol. The van der Waals surface area contributed by atoms with E-state index in [1.165, 1.54) is 0 Å². The van der Waals surface area contributed by atoms with Crippen molar-refractivity contribution in [3.8, 4) is 0 Å². The summed E-state index contributed by atoms with van der Waals surface area (Å²) in [6.45, 7) is 2.96. The van der Waals surface area contributed by atoms with Gasteiger partial charge in [0.25, 0.3) is 0 Å². The van der Waals surface area contributed by atoms with Gasteiger partial charge in [0, 0.05) is 26.3 Å². The molecule has 0 saturated carbocycles. The van der Waals surface area contributed by atoms with E-state index in [0.717, 1.165) is 32.6 Å². The minimum atomic E-state index is -0.442. The Morgan fingerprint density at radius 1 is 1.43 bits per heavy atom. The van der Waals surface area contributed by atoms with E-state index < -0.39 is 6.10 Å². The lowest BCUT2D eigenvalue weighted by molar-refractivity contribution is -0.128. The molecule has 2 saturated heterocycles. The van der Waals surface area contributed by atoms with Crippen LogP contribution in [0.15, 0.2) is 0 Å². The first-order chi connectivity index (χ1) is 6.75. The Morgan fingerprint density at radius 2 is 2.14 bits per heavy atom. The zero-order chi connectivity index (χ0) is 9.97. The van der Waals surface area contributed by atoms with Crippen LogP contribution in [-0.4, -0.2) is 48.3 Å². The minimum absolute atomic E-state index is 0.101. The number of likely N-dealkylation sites (tertiary alicyclic amines) is 1. The summed E-state index contributed by atoms with van der Waals surface area (Å²) in [5, 5.41) is 9.31. The highest BCUT2D eigenvalue weighted by Crippen LogP contribution is 2.19. The van der Waals surface area contributed by atoms with Gasteiger partial charge in [-0.05, 0) is 18.8 Å². The van der Waals surface area contributed by atoms with Gasteiger partial charge in [-0.2, -0.15) is 0 Å². The summed E-state index contributed by atoms with van der Waals surface area (Å²) in [6, 6.07) is 0. The molecule has 4 heteroatoms. The summed E-state index contributed by atoms with van der Waals surface area (Å²) in [4.78, 5) is 13.2. The van der Waals surface area contributed by atoms with Crippen LogP contribution in [0.4, 0.5) is 0 Å². The van der Waals surface area contributed by atoms with Crippen LogP contribution in [-0.2, 0) is 9.53 Å². The van der Waals surface area contributed by atoms with E-state index >= 15 is 0 Å². The first-order valence-electron chi connectivity index (χ1n) is 5.29. The molecule has 4 nitrogen and oxygen atoms in total. The average Bonchev–Trinajstić information content (AvgIpc) is 2.47. The molecule has 1 atom stereocenters. The largest absolute Gasteiger partial charge is 0.391 e. The molecule has 0 radical (unpaired) electrons. The zero-order valence-electron chi connectivity index (χ0n) is 8.32. The number of aliphatic hydroxyl groups excluding tert-OH is 1. The van der Waals surface area contributed by atoms with Gasteiger partial charge in [0.1, 0.15) is 0 Å². The molecule has 0 bridgehead atoms.